The molecule has 0 nitrogen and oxygen atoms in total. The average molecular weight is 363 g/mol. The van der Waals surface area contributed by atoms with Crippen molar-refractivity contribution in [1.82, 2.24) is 0 Å². The van der Waals surface area contributed by atoms with Crippen LogP contribution in [0.15, 0.2) is 0 Å². The van der Waals surface area contributed by atoms with Crippen LogP contribution in [0.25, 0.3) is 0 Å². The van der Waals surface area contributed by atoms with Gasteiger partial charge in [0.2, 0.25) is 0 Å². The molecule has 0 aromatic carbocycles. The molecule has 0 radical (unpaired) electrons. The molecule has 86 valence electrons. The van der Waals surface area contributed by atoms with E-state index in [9.17, 15) is 0 Å². The van der Waals surface area contributed by atoms with E-state index in [1.807, 2.05) is 0 Å². The molecule has 9 heteroatoms. The lowest BCUT2D eigenvalue weighted by atomic mass is 11.8. The van der Waals surface area contributed by atoms with Crippen LogP contribution in [0, 0.1) is 0 Å². The van der Waals surface area contributed by atoms with Gasteiger partial charge in [-0.05, 0) is 0 Å². The number of hydrogen-bond acceptors (Lipinski definition) is 0. The Hall–Kier alpha value is 2.53. The maximum atomic E-state index is 2.71. The van der Waals surface area contributed by atoms with Crippen LogP contribution in [-0.4, -0.2) is 15.5 Å². The lowest BCUT2D eigenvalue weighted by Gasteiger charge is -2.24. The van der Waals surface area contributed by atoms with Gasteiger partial charge in [0.1, 0.15) is 0 Å². The minimum atomic E-state index is -0.701. The van der Waals surface area contributed by atoms with Gasteiger partial charge in [0.15, 0.2) is 0 Å². The lowest BCUT2D eigenvalue weighted by Crippen LogP contribution is -2.11. The Labute approximate surface area is 100 Å². The van der Waals surface area contributed by atoms with Gasteiger partial charge < -0.3 is 0 Å². The Bertz CT molecular complexity index is 555. The van der Waals surface area contributed by atoms with E-state index >= 15 is 0 Å². The highest BCUT2D eigenvalue weighted by Crippen LogP contribution is 3.12. The molecule has 15 heavy (non-hydrogen) atoms. The van der Waals surface area contributed by atoms with Crippen molar-refractivity contribution < 1.29 is 0 Å². The van der Waals surface area contributed by atoms with Crippen LogP contribution in [0.1, 0.15) is 0 Å². The second-order valence-corrected chi connectivity index (χ2v) is 68.1. The van der Waals surface area contributed by atoms with E-state index in [0.29, 0.717) is 19.2 Å². The van der Waals surface area contributed by atoms with Crippen molar-refractivity contribution in [3.8, 4) is 0 Å². The van der Waals surface area contributed by atoms with Crippen molar-refractivity contribution >= 4 is 61.4 Å². The van der Waals surface area contributed by atoms with Gasteiger partial charge in [-0.3, -0.25) is 0 Å². The number of rotatable bonds is 2. The summed E-state index contributed by atoms with van der Waals surface area (Å²) in [5.74, 6) is 0. The summed E-state index contributed by atoms with van der Waals surface area (Å²) < 4.78 is 0. The van der Waals surface area contributed by atoms with Crippen molar-refractivity contribution in [3.05, 3.63) is 0 Å². The molecule has 0 fully saturated rings. The van der Waals surface area contributed by atoms with E-state index < -0.39 is 15.5 Å². The van der Waals surface area contributed by atoms with Crippen LogP contribution in [0.2, 0.25) is 39.3 Å². The van der Waals surface area contributed by atoms with Crippen molar-refractivity contribution in [3.63, 3.8) is 0 Å². The molecule has 0 spiro atoms. The van der Waals surface area contributed by atoms with Gasteiger partial charge in [0, 0.05) is 0 Å². The normalized spacial score (nSPS) is 23.1. The quantitative estimate of drug-likeness (QED) is 0.399. The Morgan fingerprint density at radius 1 is 0.667 bits per heavy atom. The third-order valence-corrected chi connectivity index (χ3v) is 132. The molecule has 4 heterocycles. The predicted octanol–water partition coefficient (Wildman–Crippen LogP) is 8.77. The maximum absolute atomic E-state index is 2.71. The zero-order chi connectivity index (χ0) is 11.2. The topological polar surface area (TPSA) is 0 Å². The molecule has 0 aliphatic rings. The first-order valence-corrected chi connectivity index (χ1v) is 29.2. The monoisotopic (exact) mass is 363 g/mol. The second-order valence-electron chi connectivity index (χ2n) is 6.08. The van der Waals surface area contributed by atoms with Gasteiger partial charge in [-0.15, -0.1) is 20.3 Å². The fourth-order valence-electron chi connectivity index (χ4n) is 1.93. The van der Waals surface area contributed by atoms with Gasteiger partial charge in [-0.25, -0.2) is 0 Å². The molecule has 4 aromatic rings. The summed E-state index contributed by atoms with van der Waals surface area (Å²) in [5.41, 5.74) is 0. The minimum Gasteiger partial charge on any atom is -0.177 e. The zero-order valence-electron chi connectivity index (χ0n) is 10.1. The van der Waals surface area contributed by atoms with Crippen molar-refractivity contribution in [2.24, 2.45) is 0 Å². The molecule has 0 saturated carbocycles. The fourth-order valence-corrected chi connectivity index (χ4v) is 294. The van der Waals surface area contributed by atoms with Crippen molar-refractivity contribution in [2.45, 2.75) is 39.3 Å². The summed E-state index contributed by atoms with van der Waals surface area (Å²) >= 11 is 0. The van der Waals surface area contributed by atoms with Crippen LogP contribution in [0.5, 0.6) is 0 Å². The van der Waals surface area contributed by atoms with Crippen LogP contribution in [0.4, 0.5) is 0 Å². The average Bonchev–Trinajstić information content (AvgIpc) is 2.48. The van der Waals surface area contributed by atoms with Crippen LogP contribution in [0.3, 0.4) is 0 Å². The van der Waals surface area contributed by atoms with Crippen LogP contribution < -0.4 is 0 Å². The summed E-state index contributed by atoms with van der Waals surface area (Å²) in [4.78, 5) is 0. The highest BCUT2D eigenvalue weighted by molar-refractivity contribution is 9.16. The Kier molecular flexibility index (Phi) is 2.97. The first-order valence-electron chi connectivity index (χ1n) is 5.25. The Morgan fingerprint density at radius 2 is 1.07 bits per heavy atom. The van der Waals surface area contributed by atoms with E-state index in [2.05, 4.69) is 46.8 Å². The molecular formula is C6H18P7Si2-. The van der Waals surface area contributed by atoms with E-state index in [1.165, 1.54) is 0 Å². The van der Waals surface area contributed by atoms with Crippen molar-refractivity contribution in [2.75, 3.05) is 0 Å². The maximum Gasteiger partial charge on any atom is 0.0620 e. The number of hydrogen-bond donors (Lipinski definition) is 0. The SMILES string of the molecule is C[Si](C)(C)p1p2[p-]p3p1p3p2[Si](C)(C)C. The summed E-state index contributed by atoms with van der Waals surface area (Å²) in [5, 5.41) is 0. The molecule has 4 atom stereocenters. The Morgan fingerprint density at radius 3 is 1.27 bits per heavy atom. The third-order valence-electron chi connectivity index (χ3n) is 2.49. The standard InChI is InChI=1S/C6H18P7Si2/c1-14(2,3)12-9-7-8-10(12)11(8)13(9)15(4,5)6/h1-6H3/q-1. The smallest absolute Gasteiger partial charge is 0.0620 e. The second kappa shape index (κ2) is 3.55. The molecule has 4 rings (SSSR count). The van der Waals surface area contributed by atoms with E-state index in [4.69, 9.17) is 0 Å². The lowest BCUT2D eigenvalue weighted by molar-refractivity contribution is 1.88. The fraction of sp³-hybridized carbons (Fsp3) is 1.00. The van der Waals surface area contributed by atoms with E-state index in [0.717, 1.165) is 19.1 Å². The van der Waals surface area contributed by atoms with Crippen LogP contribution in [-0.2, 0) is 0 Å². The molecule has 0 saturated heterocycles. The summed E-state index contributed by atoms with van der Waals surface area (Å²) in [6.45, 7) is 16.2. The highest BCUT2D eigenvalue weighted by Gasteiger charge is 2.30. The molecule has 4 aromatic heterocycles. The summed E-state index contributed by atoms with van der Waals surface area (Å²) in [7, 11) is 0.737. The first-order chi connectivity index (χ1) is 6.73. The Balaban J connectivity index is 2.32. The minimum absolute atomic E-state index is 0.677. The largest absolute Gasteiger partial charge is 0.177 e. The van der Waals surface area contributed by atoms with Crippen LogP contribution >= 0.6 is 45.9 Å². The molecule has 4 bridgehead atoms. The van der Waals surface area contributed by atoms with Gasteiger partial charge in [0.25, 0.3) is 0 Å². The summed E-state index contributed by atoms with van der Waals surface area (Å²) in [6, 6.07) is 0. The molecular weight excluding hydrogens is 345 g/mol. The van der Waals surface area contributed by atoms with Gasteiger partial charge in [-0.1, -0.05) is 39.3 Å². The molecule has 0 amide bonds. The zero-order valence-corrected chi connectivity index (χ0v) is 18.4. The van der Waals surface area contributed by atoms with Gasteiger partial charge in [-0.2, -0.15) is 25.6 Å². The summed E-state index contributed by atoms with van der Waals surface area (Å²) in [6.07, 6.45) is 4.46. The highest BCUT2D eigenvalue weighted by atomic mass is 33.2. The molecule has 4 unspecified atom stereocenters. The van der Waals surface area contributed by atoms with Gasteiger partial charge in [0.05, 0.1) is 15.5 Å². The molecule has 0 aliphatic carbocycles. The van der Waals surface area contributed by atoms with Gasteiger partial charge >= 0.3 is 0 Å². The van der Waals surface area contributed by atoms with E-state index in [1.54, 1.807) is 0 Å². The molecule has 0 aliphatic heterocycles. The molecule has 0 N–H and O–H groups in total. The third kappa shape index (κ3) is 1.76. The predicted molar refractivity (Wildman–Crippen MR) is 95.1 cm³/mol. The van der Waals surface area contributed by atoms with E-state index in [-0.39, 0.29) is 0 Å². The first kappa shape index (κ1) is 12.6. The van der Waals surface area contributed by atoms with Crippen molar-refractivity contribution in [1.29, 1.82) is 0 Å².